The van der Waals surface area contributed by atoms with E-state index >= 15 is 0 Å². The van der Waals surface area contributed by atoms with Gasteiger partial charge in [-0.1, -0.05) is 6.07 Å². The molecule has 1 saturated heterocycles. The Morgan fingerprint density at radius 2 is 1.69 bits per heavy atom. The van der Waals surface area contributed by atoms with E-state index in [4.69, 9.17) is 4.74 Å². The summed E-state index contributed by atoms with van der Waals surface area (Å²) >= 11 is 0. The van der Waals surface area contributed by atoms with Crippen LogP contribution in [0, 0.1) is 0 Å². The van der Waals surface area contributed by atoms with Gasteiger partial charge in [0.1, 0.15) is 5.75 Å². The van der Waals surface area contributed by atoms with Crippen LogP contribution in [0.4, 0.5) is 0 Å². The van der Waals surface area contributed by atoms with Crippen molar-refractivity contribution in [3.63, 3.8) is 0 Å². The lowest BCUT2D eigenvalue weighted by Crippen LogP contribution is -2.32. The van der Waals surface area contributed by atoms with Gasteiger partial charge < -0.3 is 20.5 Å². The minimum atomic E-state index is -3.67. The highest BCUT2D eigenvalue weighted by molar-refractivity contribution is 7.89. The van der Waals surface area contributed by atoms with Crippen molar-refractivity contribution in [2.75, 3.05) is 26.2 Å². The van der Waals surface area contributed by atoms with Crippen LogP contribution >= 0.6 is 0 Å². The number of carbonyl (C=O) groups excluding carboxylic acids is 2. The van der Waals surface area contributed by atoms with Crippen LogP contribution < -0.4 is 15.4 Å². The largest absolute Gasteiger partial charge is 0.508 e. The zero-order chi connectivity index (χ0) is 23.0. The third kappa shape index (κ3) is 6.78. The number of phenolic OH excluding ortho intramolecular Hbond substituents is 1. The molecule has 9 nitrogen and oxygen atoms in total. The first-order valence-electron chi connectivity index (χ1n) is 10.4. The molecule has 3 rings (SSSR count). The van der Waals surface area contributed by atoms with E-state index in [1.807, 2.05) is 0 Å². The number of carbonyl (C=O) groups is 2. The molecule has 1 heterocycles. The van der Waals surface area contributed by atoms with Crippen molar-refractivity contribution in [3.8, 4) is 5.75 Å². The van der Waals surface area contributed by atoms with Gasteiger partial charge >= 0.3 is 0 Å². The molecule has 0 aliphatic carbocycles. The van der Waals surface area contributed by atoms with Gasteiger partial charge in [-0.2, -0.15) is 0 Å². The lowest BCUT2D eigenvalue weighted by Gasteiger charge is -2.12. The molecule has 1 aliphatic rings. The molecule has 0 spiro atoms. The van der Waals surface area contributed by atoms with Gasteiger partial charge in [0.2, 0.25) is 10.0 Å². The second kappa shape index (κ2) is 11.1. The van der Waals surface area contributed by atoms with E-state index in [0.717, 1.165) is 12.8 Å². The van der Waals surface area contributed by atoms with Gasteiger partial charge in [0, 0.05) is 37.4 Å². The van der Waals surface area contributed by atoms with Crippen molar-refractivity contribution in [1.29, 1.82) is 0 Å². The van der Waals surface area contributed by atoms with Crippen molar-refractivity contribution in [1.82, 2.24) is 15.4 Å². The Morgan fingerprint density at radius 3 is 2.31 bits per heavy atom. The Bertz CT molecular complexity index is 1030. The van der Waals surface area contributed by atoms with E-state index in [0.29, 0.717) is 37.2 Å². The summed E-state index contributed by atoms with van der Waals surface area (Å²) in [5.74, 6) is -0.625. The molecule has 32 heavy (non-hydrogen) atoms. The standard InChI is InChI=1S/C22H27N3O6S/c26-18-5-1-4-17(14-18)22(28)24-12-3-11-23-21(27)16-7-9-20(10-8-16)32(29,30)25-15-19-6-2-13-31-19/h1,4-5,7-10,14,19,25-26H,2-3,6,11-13,15H2,(H,23,27)(H,24,28). The molecule has 1 fully saturated rings. The van der Waals surface area contributed by atoms with Crippen LogP contribution in [0.25, 0.3) is 0 Å². The molecule has 2 aromatic carbocycles. The minimum absolute atomic E-state index is 0.0161. The average Bonchev–Trinajstić information content (AvgIpc) is 3.31. The number of hydrogen-bond donors (Lipinski definition) is 4. The maximum absolute atomic E-state index is 12.4. The number of amides is 2. The summed E-state index contributed by atoms with van der Waals surface area (Å²) < 4.78 is 32.7. The Morgan fingerprint density at radius 1 is 1.00 bits per heavy atom. The van der Waals surface area contributed by atoms with Crippen molar-refractivity contribution < 1.29 is 27.9 Å². The maximum Gasteiger partial charge on any atom is 0.251 e. The quantitative estimate of drug-likeness (QED) is 0.395. The summed E-state index contributed by atoms with van der Waals surface area (Å²) in [4.78, 5) is 24.3. The van der Waals surface area contributed by atoms with E-state index in [2.05, 4.69) is 15.4 Å². The van der Waals surface area contributed by atoms with Crippen LogP contribution in [0.1, 0.15) is 40.0 Å². The molecule has 2 amide bonds. The van der Waals surface area contributed by atoms with Gasteiger partial charge in [0.15, 0.2) is 0 Å². The van der Waals surface area contributed by atoms with Crippen LogP contribution in [0.2, 0.25) is 0 Å². The third-order valence-corrected chi connectivity index (χ3v) is 6.42. The van der Waals surface area contributed by atoms with Crippen LogP contribution in [0.5, 0.6) is 5.75 Å². The Hall–Kier alpha value is -2.95. The molecule has 1 atom stereocenters. The molecule has 1 aliphatic heterocycles. The monoisotopic (exact) mass is 461 g/mol. The Kier molecular flexibility index (Phi) is 8.20. The summed E-state index contributed by atoms with van der Waals surface area (Å²) in [6, 6.07) is 11.7. The highest BCUT2D eigenvalue weighted by Crippen LogP contribution is 2.14. The number of nitrogens with one attached hydrogen (secondary N) is 3. The molecule has 0 aromatic heterocycles. The predicted octanol–water partition coefficient (Wildman–Crippen LogP) is 1.40. The lowest BCUT2D eigenvalue weighted by atomic mass is 10.2. The van der Waals surface area contributed by atoms with E-state index in [1.165, 1.54) is 36.4 Å². The number of ether oxygens (including phenoxy) is 1. The molecular weight excluding hydrogens is 434 g/mol. The average molecular weight is 462 g/mol. The van der Waals surface area contributed by atoms with Crippen molar-refractivity contribution >= 4 is 21.8 Å². The van der Waals surface area contributed by atoms with Crippen LogP contribution in [-0.4, -0.2) is 57.7 Å². The van der Waals surface area contributed by atoms with Crippen molar-refractivity contribution in [2.24, 2.45) is 0 Å². The first kappa shape index (κ1) is 23.7. The molecule has 0 bridgehead atoms. The third-order valence-electron chi connectivity index (χ3n) is 4.98. The lowest BCUT2D eigenvalue weighted by molar-refractivity contribution is 0.0951. The second-order valence-corrected chi connectivity index (χ2v) is 9.19. The van der Waals surface area contributed by atoms with Crippen LogP contribution in [-0.2, 0) is 14.8 Å². The molecule has 4 N–H and O–H groups in total. The first-order valence-corrected chi connectivity index (χ1v) is 11.9. The summed E-state index contributed by atoms with van der Waals surface area (Å²) in [5, 5.41) is 14.8. The van der Waals surface area contributed by atoms with Gasteiger partial charge in [-0.25, -0.2) is 13.1 Å². The SMILES string of the molecule is O=C(NCCCNC(=O)c1cccc(O)c1)c1ccc(S(=O)(=O)NCC2CCCO2)cc1. The minimum Gasteiger partial charge on any atom is -0.508 e. The number of rotatable bonds is 10. The second-order valence-electron chi connectivity index (χ2n) is 7.43. The summed E-state index contributed by atoms with van der Waals surface area (Å²) in [6.07, 6.45) is 2.18. The molecule has 0 saturated carbocycles. The van der Waals surface area contributed by atoms with Gasteiger partial charge in [0.25, 0.3) is 11.8 Å². The van der Waals surface area contributed by atoms with Crippen molar-refractivity contribution in [2.45, 2.75) is 30.3 Å². The highest BCUT2D eigenvalue weighted by atomic mass is 32.2. The maximum atomic E-state index is 12.4. The van der Waals surface area contributed by atoms with E-state index in [-0.39, 0.29) is 35.1 Å². The van der Waals surface area contributed by atoms with Crippen LogP contribution in [0.15, 0.2) is 53.4 Å². The summed E-state index contributed by atoms with van der Waals surface area (Å²) in [6.45, 7) is 1.57. The Labute approximate surface area is 187 Å². The van der Waals surface area contributed by atoms with Gasteiger partial charge in [-0.15, -0.1) is 0 Å². The predicted molar refractivity (Wildman–Crippen MR) is 118 cm³/mol. The fraction of sp³-hybridized carbons (Fsp3) is 0.364. The number of hydrogen-bond acceptors (Lipinski definition) is 6. The fourth-order valence-corrected chi connectivity index (χ4v) is 4.29. The molecule has 172 valence electrons. The molecule has 0 radical (unpaired) electrons. The molecular formula is C22H27N3O6S. The van der Waals surface area contributed by atoms with E-state index in [9.17, 15) is 23.1 Å². The molecule has 10 heteroatoms. The fourth-order valence-electron chi connectivity index (χ4n) is 3.22. The van der Waals surface area contributed by atoms with E-state index in [1.54, 1.807) is 12.1 Å². The number of aromatic hydroxyl groups is 1. The number of sulfonamides is 1. The van der Waals surface area contributed by atoms with Crippen LogP contribution in [0.3, 0.4) is 0 Å². The number of phenols is 1. The van der Waals surface area contributed by atoms with Gasteiger partial charge in [-0.3, -0.25) is 9.59 Å². The molecule has 2 aromatic rings. The van der Waals surface area contributed by atoms with Crippen molar-refractivity contribution in [3.05, 3.63) is 59.7 Å². The summed E-state index contributed by atoms with van der Waals surface area (Å²) in [5.41, 5.74) is 0.696. The van der Waals surface area contributed by atoms with E-state index < -0.39 is 10.0 Å². The first-order chi connectivity index (χ1) is 15.3. The topological polar surface area (TPSA) is 134 Å². The Balaban J connectivity index is 1.40. The highest BCUT2D eigenvalue weighted by Gasteiger charge is 2.20. The zero-order valence-corrected chi connectivity index (χ0v) is 18.4. The van der Waals surface area contributed by atoms with Gasteiger partial charge in [0.05, 0.1) is 11.0 Å². The smallest absolute Gasteiger partial charge is 0.251 e. The zero-order valence-electron chi connectivity index (χ0n) is 17.5. The molecule has 1 unspecified atom stereocenters. The van der Waals surface area contributed by atoms with Gasteiger partial charge in [-0.05, 0) is 61.7 Å². The normalized spacial score (nSPS) is 15.9. The number of benzene rings is 2. The summed E-state index contributed by atoms with van der Waals surface area (Å²) in [7, 11) is -3.67.